The topological polar surface area (TPSA) is 103 Å². The minimum Gasteiger partial charge on any atom is -0.298 e. The summed E-state index contributed by atoms with van der Waals surface area (Å²) in [4.78, 5) is 26.8. The van der Waals surface area contributed by atoms with E-state index in [2.05, 4.69) is 15.4 Å². The quantitative estimate of drug-likeness (QED) is 0.321. The number of alkyl halides is 3. The van der Waals surface area contributed by atoms with Crippen molar-refractivity contribution < 1.29 is 22.9 Å². The first-order valence-corrected chi connectivity index (χ1v) is 10.1. The Balaban J connectivity index is 1.61. The molecular formula is C18H10F3N5O3S2. The number of nitrogens with one attached hydrogen (secondary N) is 1. The fourth-order valence-corrected chi connectivity index (χ4v) is 4.00. The Labute approximate surface area is 179 Å². The average molecular weight is 465 g/mol. The highest BCUT2D eigenvalue weighted by Crippen LogP contribution is 2.34. The van der Waals surface area contributed by atoms with Gasteiger partial charge >= 0.3 is 11.2 Å². The summed E-state index contributed by atoms with van der Waals surface area (Å²) in [6, 6.07) is 10.1. The predicted octanol–water partition coefficient (Wildman–Crippen LogP) is 5.24. The van der Waals surface area contributed by atoms with Crippen LogP contribution < -0.4 is 5.32 Å². The third kappa shape index (κ3) is 4.32. The van der Waals surface area contributed by atoms with Gasteiger partial charge in [0.25, 0.3) is 5.91 Å². The van der Waals surface area contributed by atoms with Crippen molar-refractivity contribution in [3.05, 3.63) is 75.4 Å². The Kier molecular flexibility index (Phi) is 5.29. The molecule has 31 heavy (non-hydrogen) atoms. The Hall–Kier alpha value is -3.58. The van der Waals surface area contributed by atoms with E-state index in [1.165, 1.54) is 40.3 Å². The first-order chi connectivity index (χ1) is 14.7. The van der Waals surface area contributed by atoms with Crippen molar-refractivity contribution >= 4 is 38.7 Å². The van der Waals surface area contributed by atoms with Crippen molar-refractivity contribution in [3.8, 4) is 16.3 Å². The maximum absolute atomic E-state index is 13.2. The normalized spacial score (nSPS) is 11.5. The molecular weight excluding hydrogens is 455 g/mol. The summed E-state index contributed by atoms with van der Waals surface area (Å²) in [6.45, 7) is 0. The van der Waals surface area contributed by atoms with Gasteiger partial charge in [0.2, 0.25) is 0 Å². The number of thiophene rings is 1. The fraction of sp³-hybridized carbons (Fsp3) is 0.0556. The Morgan fingerprint density at radius 2 is 1.94 bits per heavy atom. The number of carbonyl (C=O) groups excluding carboxylic acids is 1. The van der Waals surface area contributed by atoms with Crippen LogP contribution in [0.25, 0.3) is 16.3 Å². The number of aromatic nitrogens is 3. The number of benzene rings is 1. The van der Waals surface area contributed by atoms with Crippen LogP contribution in [0.1, 0.15) is 16.1 Å². The molecule has 0 bridgehead atoms. The monoisotopic (exact) mass is 465 g/mol. The first kappa shape index (κ1) is 20.7. The molecule has 1 amide bonds. The molecule has 1 aromatic carbocycles. The van der Waals surface area contributed by atoms with Crippen LogP contribution in [0.2, 0.25) is 0 Å². The van der Waals surface area contributed by atoms with Crippen LogP contribution in [0.5, 0.6) is 0 Å². The molecule has 3 aromatic heterocycles. The van der Waals surface area contributed by atoms with Crippen LogP contribution in [0.15, 0.2) is 54.0 Å². The number of thiazole rings is 1. The first-order valence-electron chi connectivity index (χ1n) is 8.45. The second-order valence-corrected chi connectivity index (χ2v) is 8.02. The van der Waals surface area contributed by atoms with Gasteiger partial charge in [0.05, 0.1) is 21.2 Å². The van der Waals surface area contributed by atoms with E-state index in [0.717, 1.165) is 12.3 Å². The number of hydrogen-bond donors (Lipinski definition) is 1. The molecule has 4 aromatic rings. The smallest absolute Gasteiger partial charge is 0.298 e. The lowest BCUT2D eigenvalue weighted by Gasteiger charge is -2.08. The Bertz CT molecular complexity index is 1250. The summed E-state index contributed by atoms with van der Waals surface area (Å²) in [6.07, 6.45) is -3.57. The van der Waals surface area contributed by atoms with Crippen LogP contribution in [0.3, 0.4) is 0 Å². The summed E-state index contributed by atoms with van der Waals surface area (Å²) in [5, 5.41) is 18.4. The number of nitro groups is 1. The van der Waals surface area contributed by atoms with Crippen molar-refractivity contribution in [2.75, 3.05) is 5.32 Å². The van der Waals surface area contributed by atoms with Gasteiger partial charge in [-0.15, -0.1) is 11.3 Å². The Morgan fingerprint density at radius 1 is 1.19 bits per heavy atom. The molecule has 4 rings (SSSR count). The number of hydrogen-bond acceptors (Lipinski definition) is 7. The van der Waals surface area contributed by atoms with Gasteiger partial charge < -0.3 is 0 Å². The molecule has 0 spiro atoms. The molecule has 0 aliphatic rings. The molecule has 8 nitrogen and oxygen atoms in total. The highest BCUT2D eigenvalue weighted by molar-refractivity contribution is 7.18. The standard InChI is InChI=1S/C18H10F3N5O3S2/c19-18(20,21)14-8-12(13-2-1-7-30-13)25(24-14)11-5-3-10(4-6-11)16(27)23-17-22-9-15(31-17)26(28)29/h1-9H,(H,22,23,27). The molecule has 0 aliphatic carbocycles. The number of rotatable bonds is 5. The number of halogens is 3. The van der Waals surface area contributed by atoms with E-state index in [1.807, 2.05) is 0 Å². The summed E-state index contributed by atoms with van der Waals surface area (Å²) in [7, 11) is 0. The van der Waals surface area contributed by atoms with Gasteiger partial charge in [0, 0.05) is 5.56 Å². The lowest BCUT2D eigenvalue weighted by atomic mass is 10.2. The number of amides is 1. The molecule has 13 heteroatoms. The van der Waals surface area contributed by atoms with E-state index in [1.54, 1.807) is 17.5 Å². The van der Waals surface area contributed by atoms with Crippen molar-refractivity contribution in [1.29, 1.82) is 0 Å². The molecule has 0 saturated carbocycles. The van der Waals surface area contributed by atoms with Crippen molar-refractivity contribution in [2.45, 2.75) is 6.18 Å². The molecule has 0 unspecified atom stereocenters. The lowest BCUT2D eigenvalue weighted by Crippen LogP contribution is -2.12. The zero-order valence-electron chi connectivity index (χ0n) is 15.2. The van der Waals surface area contributed by atoms with Crippen LogP contribution >= 0.6 is 22.7 Å². The minimum atomic E-state index is -4.60. The maximum Gasteiger partial charge on any atom is 0.435 e. The van der Waals surface area contributed by atoms with E-state index < -0.39 is 22.7 Å². The van der Waals surface area contributed by atoms with Gasteiger partial charge in [0.15, 0.2) is 10.8 Å². The second-order valence-electron chi connectivity index (χ2n) is 6.06. The third-order valence-electron chi connectivity index (χ3n) is 4.04. The number of nitrogens with zero attached hydrogens (tertiary/aromatic N) is 4. The van der Waals surface area contributed by atoms with Crippen LogP contribution in [0, 0.1) is 10.1 Å². The van der Waals surface area contributed by atoms with Gasteiger partial charge in [-0.3, -0.25) is 20.2 Å². The molecule has 3 heterocycles. The van der Waals surface area contributed by atoms with Crippen LogP contribution in [-0.4, -0.2) is 25.6 Å². The van der Waals surface area contributed by atoms with Gasteiger partial charge in [-0.25, -0.2) is 9.67 Å². The molecule has 1 N–H and O–H groups in total. The van der Waals surface area contributed by atoms with Gasteiger partial charge in [0.1, 0.15) is 6.20 Å². The van der Waals surface area contributed by atoms with E-state index in [0.29, 0.717) is 21.9 Å². The summed E-state index contributed by atoms with van der Waals surface area (Å²) < 4.78 is 40.8. The van der Waals surface area contributed by atoms with Gasteiger partial charge in [-0.1, -0.05) is 6.07 Å². The van der Waals surface area contributed by atoms with Crippen molar-refractivity contribution in [2.24, 2.45) is 0 Å². The van der Waals surface area contributed by atoms with Crippen LogP contribution in [-0.2, 0) is 6.18 Å². The molecule has 0 aliphatic heterocycles. The predicted molar refractivity (Wildman–Crippen MR) is 109 cm³/mol. The van der Waals surface area contributed by atoms with Crippen molar-refractivity contribution in [1.82, 2.24) is 14.8 Å². The minimum absolute atomic E-state index is 0.0580. The zero-order valence-corrected chi connectivity index (χ0v) is 16.8. The third-order valence-corrected chi connectivity index (χ3v) is 5.80. The molecule has 158 valence electrons. The highest BCUT2D eigenvalue weighted by Gasteiger charge is 2.35. The van der Waals surface area contributed by atoms with E-state index in [4.69, 9.17) is 0 Å². The Morgan fingerprint density at radius 3 is 2.52 bits per heavy atom. The molecule has 0 saturated heterocycles. The molecule has 0 fully saturated rings. The van der Waals surface area contributed by atoms with E-state index >= 15 is 0 Å². The highest BCUT2D eigenvalue weighted by atomic mass is 32.1. The average Bonchev–Trinajstić information content (AvgIpc) is 3.47. The van der Waals surface area contributed by atoms with Gasteiger partial charge in [-0.2, -0.15) is 18.3 Å². The summed E-state index contributed by atoms with van der Waals surface area (Å²) in [5.74, 6) is -0.564. The zero-order chi connectivity index (χ0) is 22.2. The maximum atomic E-state index is 13.2. The number of carbonyl (C=O) groups is 1. The summed E-state index contributed by atoms with van der Waals surface area (Å²) >= 11 is 1.98. The fourth-order valence-electron chi connectivity index (χ4n) is 2.65. The van der Waals surface area contributed by atoms with E-state index in [9.17, 15) is 28.1 Å². The van der Waals surface area contributed by atoms with Gasteiger partial charge in [-0.05, 0) is 53.1 Å². The SMILES string of the molecule is O=C(Nc1ncc([N+](=O)[O-])s1)c1ccc(-n2nc(C(F)(F)F)cc2-c2cccs2)cc1. The lowest BCUT2D eigenvalue weighted by molar-refractivity contribution is -0.380. The molecule has 0 radical (unpaired) electrons. The second kappa shape index (κ2) is 7.92. The van der Waals surface area contributed by atoms with Crippen LogP contribution in [0.4, 0.5) is 23.3 Å². The largest absolute Gasteiger partial charge is 0.435 e. The summed E-state index contributed by atoms with van der Waals surface area (Å²) in [5.41, 5.74) is -0.222. The number of anilines is 1. The van der Waals surface area contributed by atoms with E-state index in [-0.39, 0.29) is 21.4 Å². The molecule has 0 atom stereocenters. The van der Waals surface area contributed by atoms with Crippen molar-refractivity contribution in [3.63, 3.8) is 0 Å².